The van der Waals surface area contributed by atoms with E-state index in [9.17, 15) is 0 Å². The van der Waals surface area contributed by atoms with E-state index in [1.165, 1.54) is 0 Å². The highest BCUT2D eigenvalue weighted by Gasteiger charge is 2.31. The Kier molecular flexibility index (Phi) is 1.72. The predicted molar refractivity (Wildman–Crippen MR) is 37.4 cm³/mol. The standard InChI is InChI=1S/C4H9ClN2S/c1-4(2)3-8-6-7(4)5/h6H,3H2,1-2H3. The molecule has 0 saturated carbocycles. The maximum Gasteiger partial charge on any atom is 0.0574 e. The quantitative estimate of drug-likeness (QED) is 0.417. The molecule has 1 fully saturated rings. The van der Waals surface area contributed by atoms with Gasteiger partial charge in [0.15, 0.2) is 0 Å². The van der Waals surface area contributed by atoms with E-state index < -0.39 is 0 Å². The fourth-order valence-electron chi connectivity index (χ4n) is 0.446. The van der Waals surface area contributed by atoms with Gasteiger partial charge in [0.25, 0.3) is 0 Å². The van der Waals surface area contributed by atoms with Crippen LogP contribution in [0.5, 0.6) is 0 Å². The topological polar surface area (TPSA) is 15.3 Å². The summed E-state index contributed by atoms with van der Waals surface area (Å²) in [7, 11) is 0. The SMILES string of the molecule is CC1(C)CSNN1Cl. The van der Waals surface area contributed by atoms with E-state index in [2.05, 4.69) is 18.7 Å². The molecule has 4 heteroatoms. The lowest BCUT2D eigenvalue weighted by molar-refractivity contribution is 0.271. The van der Waals surface area contributed by atoms with Crippen LogP contribution in [-0.2, 0) is 0 Å². The lowest BCUT2D eigenvalue weighted by Gasteiger charge is -2.21. The van der Waals surface area contributed by atoms with Crippen molar-refractivity contribution >= 4 is 23.7 Å². The summed E-state index contributed by atoms with van der Waals surface area (Å²) >= 11 is 7.34. The van der Waals surface area contributed by atoms with Crippen molar-refractivity contribution in [2.45, 2.75) is 19.4 Å². The molecular formula is C4H9ClN2S. The maximum atomic E-state index is 5.71. The summed E-state index contributed by atoms with van der Waals surface area (Å²) in [6.07, 6.45) is 0. The first kappa shape index (κ1) is 6.68. The summed E-state index contributed by atoms with van der Waals surface area (Å²) in [5, 5.41) is 0. The molecule has 0 spiro atoms. The first-order chi connectivity index (χ1) is 3.63. The van der Waals surface area contributed by atoms with E-state index >= 15 is 0 Å². The van der Waals surface area contributed by atoms with Crippen molar-refractivity contribution in [2.75, 3.05) is 5.75 Å². The van der Waals surface area contributed by atoms with Crippen molar-refractivity contribution in [1.82, 2.24) is 9.36 Å². The highest BCUT2D eigenvalue weighted by molar-refractivity contribution is 7.97. The van der Waals surface area contributed by atoms with Crippen LogP contribution in [0.1, 0.15) is 13.8 Å². The highest BCUT2D eigenvalue weighted by atomic mass is 35.5. The van der Waals surface area contributed by atoms with Crippen LogP contribution in [0.25, 0.3) is 0 Å². The molecule has 2 nitrogen and oxygen atoms in total. The minimum absolute atomic E-state index is 0.103. The van der Waals surface area contributed by atoms with Gasteiger partial charge < -0.3 is 0 Å². The van der Waals surface area contributed by atoms with Gasteiger partial charge in [-0.1, -0.05) is 11.9 Å². The smallest absolute Gasteiger partial charge is 0.0574 e. The third kappa shape index (κ3) is 1.10. The van der Waals surface area contributed by atoms with Gasteiger partial charge in [-0.25, -0.2) is 0 Å². The van der Waals surface area contributed by atoms with Gasteiger partial charge >= 0.3 is 0 Å². The molecule has 0 amide bonds. The lowest BCUT2D eigenvalue weighted by atomic mass is 10.1. The second kappa shape index (κ2) is 2.06. The molecule has 1 aliphatic rings. The zero-order chi connectivity index (χ0) is 6.20. The minimum atomic E-state index is 0.103. The molecule has 0 radical (unpaired) electrons. The Bertz CT molecular complexity index is 96.0. The van der Waals surface area contributed by atoms with Crippen molar-refractivity contribution < 1.29 is 0 Å². The first-order valence-electron chi connectivity index (χ1n) is 2.46. The van der Waals surface area contributed by atoms with Crippen molar-refractivity contribution in [3.05, 3.63) is 0 Å². The number of nitrogens with one attached hydrogen (secondary N) is 1. The average molecular weight is 153 g/mol. The summed E-state index contributed by atoms with van der Waals surface area (Å²) in [6.45, 7) is 4.18. The van der Waals surface area contributed by atoms with Gasteiger partial charge in [-0.05, 0) is 25.6 Å². The van der Waals surface area contributed by atoms with Crippen molar-refractivity contribution in [3.8, 4) is 0 Å². The molecule has 0 aromatic carbocycles. The number of rotatable bonds is 0. The summed E-state index contributed by atoms with van der Waals surface area (Å²) in [4.78, 5) is 2.93. The van der Waals surface area contributed by atoms with E-state index in [0.717, 1.165) is 5.75 Å². The van der Waals surface area contributed by atoms with Crippen molar-refractivity contribution in [2.24, 2.45) is 0 Å². The van der Waals surface area contributed by atoms with Crippen LogP contribution < -0.4 is 4.83 Å². The third-order valence-corrected chi connectivity index (χ3v) is 2.91. The molecule has 1 rings (SSSR count). The monoisotopic (exact) mass is 152 g/mol. The molecule has 1 heterocycles. The average Bonchev–Trinajstić information content (AvgIpc) is 1.86. The van der Waals surface area contributed by atoms with Gasteiger partial charge in [-0.15, -0.1) is 4.53 Å². The van der Waals surface area contributed by atoms with Gasteiger partial charge in [-0.2, -0.15) is 4.83 Å². The van der Waals surface area contributed by atoms with Crippen LogP contribution in [0, 0.1) is 0 Å². The normalized spacial score (nSPS) is 28.9. The van der Waals surface area contributed by atoms with Crippen LogP contribution in [0.15, 0.2) is 0 Å². The molecular weight excluding hydrogens is 144 g/mol. The lowest BCUT2D eigenvalue weighted by Crippen LogP contribution is -2.36. The number of nitrogens with zero attached hydrogens (tertiary/aromatic N) is 1. The zero-order valence-electron chi connectivity index (χ0n) is 4.94. The van der Waals surface area contributed by atoms with E-state index in [1.54, 1.807) is 16.5 Å². The zero-order valence-corrected chi connectivity index (χ0v) is 6.51. The molecule has 0 aliphatic carbocycles. The Balaban J connectivity index is 2.54. The van der Waals surface area contributed by atoms with E-state index in [4.69, 9.17) is 11.8 Å². The van der Waals surface area contributed by atoms with Crippen LogP contribution in [0.2, 0.25) is 0 Å². The molecule has 1 N–H and O–H groups in total. The van der Waals surface area contributed by atoms with Crippen LogP contribution >= 0.6 is 23.7 Å². The molecule has 0 unspecified atom stereocenters. The van der Waals surface area contributed by atoms with Gasteiger partial charge in [0.2, 0.25) is 0 Å². The molecule has 1 saturated heterocycles. The minimum Gasteiger partial charge on any atom is -0.183 e. The largest absolute Gasteiger partial charge is 0.183 e. The summed E-state index contributed by atoms with van der Waals surface area (Å²) in [5.74, 6) is 1.04. The second-order valence-electron chi connectivity index (χ2n) is 2.47. The highest BCUT2D eigenvalue weighted by Crippen LogP contribution is 2.26. The Labute approximate surface area is 58.8 Å². The van der Waals surface area contributed by atoms with Crippen molar-refractivity contribution in [3.63, 3.8) is 0 Å². The summed E-state index contributed by atoms with van der Waals surface area (Å²) in [6, 6.07) is 0. The predicted octanol–water partition coefficient (Wildman–Crippen LogP) is 1.39. The van der Waals surface area contributed by atoms with Crippen molar-refractivity contribution in [1.29, 1.82) is 0 Å². The Morgan fingerprint density at radius 3 is 2.50 bits per heavy atom. The van der Waals surface area contributed by atoms with Crippen LogP contribution in [0.3, 0.4) is 0 Å². The van der Waals surface area contributed by atoms with Gasteiger partial charge in [0.1, 0.15) is 0 Å². The number of hydrogen-bond donors (Lipinski definition) is 1. The fraction of sp³-hybridized carbons (Fsp3) is 1.00. The fourth-order valence-corrected chi connectivity index (χ4v) is 1.63. The maximum absolute atomic E-state index is 5.71. The number of hydrazine groups is 1. The number of halogens is 1. The Morgan fingerprint density at radius 1 is 1.75 bits per heavy atom. The van der Waals surface area contributed by atoms with Gasteiger partial charge in [-0.3, -0.25) is 0 Å². The van der Waals surface area contributed by atoms with E-state index in [1.807, 2.05) is 0 Å². The third-order valence-electron chi connectivity index (χ3n) is 1.10. The Hall–Kier alpha value is 0.560. The number of hydrogen-bond acceptors (Lipinski definition) is 3. The first-order valence-corrected chi connectivity index (χ1v) is 3.79. The van der Waals surface area contributed by atoms with E-state index in [-0.39, 0.29) is 5.54 Å². The molecule has 0 atom stereocenters. The summed E-state index contributed by atoms with van der Waals surface area (Å²) in [5.41, 5.74) is 0.103. The second-order valence-corrected chi connectivity index (χ2v) is 3.57. The van der Waals surface area contributed by atoms with Crippen LogP contribution in [0.4, 0.5) is 0 Å². The molecule has 0 aromatic rings. The van der Waals surface area contributed by atoms with Gasteiger partial charge in [0, 0.05) is 5.75 Å². The van der Waals surface area contributed by atoms with Crippen LogP contribution in [-0.4, -0.2) is 15.8 Å². The van der Waals surface area contributed by atoms with E-state index in [0.29, 0.717) is 0 Å². The molecule has 8 heavy (non-hydrogen) atoms. The molecule has 1 aliphatic heterocycles. The molecule has 48 valence electrons. The summed E-state index contributed by atoms with van der Waals surface area (Å²) < 4.78 is 1.61. The molecule has 0 bridgehead atoms. The molecule has 0 aromatic heterocycles. The van der Waals surface area contributed by atoms with Gasteiger partial charge in [0.05, 0.1) is 5.54 Å². The Morgan fingerprint density at radius 2 is 2.38 bits per heavy atom.